The third-order valence-corrected chi connectivity index (χ3v) is 4.71. The molecule has 2 aromatic heterocycles. The first-order chi connectivity index (χ1) is 11.3. The molecule has 0 bridgehead atoms. The van der Waals surface area contributed by atoms with Crippen LogP contribution in [0.5, 0.6) is 0 Å². The molecule has 1 aliphatic heterocycles. The molecule has 6 heteroatoms. The molecule has 0 aromatic carbocycles. The van der Waals surface area contributed by atoms with Gasteiger partial charge in [0.1, 0.15) is 11.5 Å². The molecule has 0 spiro atoms. The quantitative estimate of drug-likeness (QED) is 0.824. The van der Waals surface area contributed by atoms with Crippen molar-refractivity contribution >= 4 is 23.7 Å². The molecule has 1 aliphatic rings. The van der Waals surface area contributed by atoms with Crippen molar-refractivity contribution in [3.8, 4) is 0 Å². The van der Waals surface area contributed by atoms with E-state index in [9.17, 15) is 4.79 Å². The highest BCUT2D eigenvalue weighted by molar-refractivity contribution is 7.99. The van der Waals surface area contributed by atoms with Gasteiger partial charge in [0.2, 0.25) is 5.91 Å². The molecule has 1 amide bonds. The summed E-state index contributed by atoms with van der Waals surface area (Å²) in [5, 5.41) is 2.95. The van der Waals surface area contributed by atoms with Gasteiger partial charge in [-0.15, -0.1) is 0 Å². The third kappa shape index (κ3) is 4.53. The summed E-state index contributed by atoms with van der Waals surface area (Å²) in [6.07, 6.45) is 6.41. The summed E-state index contributed by atoms with van der Waals surface area (Å²) in [5.41, 5.74) is 0. The Morgan fingerprint density at radius 1 is 1.26 bits per heavy atom. The molecule has 3 heterocycles. The van der Waals surface area contributed by atoms with Crippen LogP contribution in [0.1, 0.15) is 17.6 Å². The van der Waals surface area contributed by atoms with Crippen molar-refractivity contribution < 1.29 is 13.6 Å². The first-order valence-electron chi connectivity index (χ1n) is 7.67. The molecule has 0 radical (unpaired) electrons. The predicted octanol–water partition coefficient (Wildman–Crippen LogP) is 2.79. The normalized spacial score (nSPS) is 17.4. The predicted molar refractivity (Wildman–Crippen MR) is 91.1 cm³/mol. The zero-order chi connectivity index (χ0) is 15.9. The molecule has 1 atom stereocenters. The highest BCUT2D eigenvalue weighted by Gasteiger charge is 2.24. The monoisotopic (exact) mass is 332 g/mol. The van der Waals surface area contributed by atoms with Crippen LogP contribution in [0, 0.1) is 0 Å². The Morgan fingerprint density at radius 3 is 2.74 bits per heavy atom. The van der Waals surface area contributed by atoms with E-state index in [-0.39, 0.29) is 11.9 Å². The Balaban J connectivity index is 1.58. The number of amides is 1. The average molecular weight is 332 g/mol. The van der Waals surface area contributed by atoms with E-state index in [0.717, 1.165) is 30.4 Å². The van der Waals surface area contributed by atoms with Crippen LogP contribution in [-0.4, -0.2) is 41.9 Å². The van der Waals surface area contributed by atoms with E-state index < -0.39 is 0 Å². The third-order valence-electron chi connectivity index (χ3n) is 3.77. The van der Waals surface area contributed by atoms with Crippen LogP contribution >= 0.6 is 11.8 Å². The van der Waals surface area contributed by atoms with Gasteiger partial charge in [-0.05, 0) is 30.3 Å². The van der Waals surface area contributed by atoms with Gasteiger partial charge in [0, 0.05) is 37.2 Å². The molecule has 5 nitrogen and oxygen atoms in total. The first-order valence-corrected chi connectivity index (χ1v) is 8.83. The van der Waals surface area contributed by atoms with E-state index in [1.807, 2.05) is 23.9 Å². The topological polar surface area (TPSA) is 58.6 Å². The van der Waals surface area contributed by atoms with Crippen LogP contribution in [0.3, 0.4) is 0 Å². The summed E-state index contributed by atoms with van der Waals surface area (Å²) < 4.78 is 10.7. The molecule has 2 aromatic rings. The van der Waals surface area contributed by atoms with Crippen molar-refractivity contribution in [2.24, 2.45) is 0 Å². The van der Waals surface area contributed by atoms with Crippen LogP contribution in [0.15, 0.2) is 51.7 Å². The van der Waals surface area contributed by atoms with Crippen molar-refractivity contribution in [2.75, 3.05) is 31.1 Å². The number of hydrogen-bond acceptors (Lipinski definition) is 5. The molecule has 1 fully saturated rings. The van der Waals surface area contributed by atoms with Gasteiger partial charge in [-0.3, -0.25) is 9.69 Å². The molecule has 1 unspecified atom stereocenters. The highest BCUT2D eigenvalue weighted by Crippen LogP contribution is 2.24. The van der Waals surface area contributed by atoms with E-state index in [1.165, 1.54) is 6.08 Å². The van der Waals surface area contributed by atoms with Crippen LogP contribution in [0.2, 0.25) is 0 Å². The Kier molecular flexibility index (Phi) is 5.60. The number of thioether (sulfide) groups is 1. The average Bonchev–Trinajstić information content (AvgIpc) is 3.28. The fraction of sp³-hybridized carbons (Fsp3) is 0.353. The first kappa shape index (κ1) is 16.0. The molecule has 1 N–H and O–H groups in total. The summed E-state index contributed by atoms with van der Waals surface area (Å²) >= 11 is 1.96. The molecular formula is C17H20N2O3S. The molecular weight excluding hydrogens is 312 g/mol. The SMILES string of the molecule is O=C(/C=C/c1ccco1)NCC(c1ccco1)N1CCSCC1. The van der Waals surface area contributed by atoms with Gasteiger partial charge >= 0.3 is 0 Å². The molecule has 23 heavy (non-hydrogen) atoms. The van der Waals surface area contributed by atoms with Crippen LogP contribution in [0.4, 0.5) is 0 Å². The van der Waals surface area contributed by atoms with Crippen molar-refractivity contribution in [1.29, 1.82) is 0 Å². The summed E-state index contributed by atoms with van der Waals surface area (Å²) in [5.74, 6) is 3.65. The van der Waals surface area contributed by atoms with Crippen LogP contribution < -0.4 is 5.32 Å². The fourth-order valence-corrected chi connectivity index (χ4v) is 3.51. The lowest BCUT2D eigenvalue weighted by molar-refractivity contribution is -0.116. The second-order valence-corrected chi connectivity index (χ2v) is 6.50. The van der Waals surface area contributed by atoms with Gasteiger partial charge in [0.25, 0.3) is 0 Å². The minimum atomic E-state index is -0.135. The fourth-order valence-electron chi connectivity index (χ4n) is 2.58. The van der Waals surface area contributed by atoms with Gasteiger partial charge < -0.3 is 14.2 Å². The van der Waals surface area contributed by atoms with E-state index in [2.05, 4.69) is 10.2 Å². The number of nitrogens with zero attached hydrogens (tertiary/aromatic N) is 1. The van der Waals surface area contributed by atoms with Crippen LogP contribution in [-0.2, 0) is 4.79 Å². The zero-order valence-electron chi connectivity index (χ0n) is 12.8. The number of furan rings is 2. The summed E-state index contributed by atoms with van der Waals surface area (Å²) in [7, 11) is 0. The molecule has 122 valence electrons. The van der Waals surface area contributed by atoms with Crippen molar-refractivity contribution in [1.82, 2.24) is 10.2 Å². The Morgan fingerprint density at radius 2 is 2.04 bits per heavy atom. The van der Waals surface area contributed by atoms with Gasteiger partial charge in [0.15, 0.2) is 0 Å². The highest BCUT2D eigenvalue weighted by atomic mass is 32.2. The largest absolute Gasteiger partial charge is 0.468 e. The van der Waals surface area contributed by atoms with E-state index in [4.69, 9.17) is 8.83 Å². The lowest BCUT2D eigenvalue weighted by Gasteiger charge is -2.33. The molecule has 0 aliphatic carbocycles. The van der Waals surface area contributed by atoms with Gasteiger partial charge in [0.05, 0.1) is 18.6 Å². The lowest BCUT2D eigenvalue weighted by atomic mass is 10.2. The number of rotatable bonds is 6. The van der Waals surface area contributed by atoms with Gasteiger partial charge in [-0.2, -0.15) is 11.8 Å². The standard InChI is InChI=1S/C17H20N2O3S/c20-17(6-5-14-3-1-9-21-14)18-13-15(16-4-2-10-22-16)19-7-11-23-12-8-19/h1-6,9-10,15H,7-8,11-13H2,(H,18,20)/b6-5+. The smallest absolute Gasteiger partial charge is 0.244 e. The summed E-state index contributed by atoms with van der Waals surface area (Å²) in [6.45, 7) is 2.54. The maximum absolute atomic E-state index is 12.0. The summed E-state index contributed by atoms with van der Waals surface area (Å²) in [6, 6.07) is 7.53. The number of nitrogens with one attached hydrogen (secondary N) is 1. The van der Waals surface area contributed by atoms with E-state index >= 15 is 0 Å². The van der Waals surface area contributed by atoms with E-state index in [0.29, 0.717) is 12.3 Å². The van der Waals surface area contributed by atoms with Crippen molar-refractivity contribution in [3.63, 3.8) is 0 Å². The van der Waals surface area contributed by atoms with Gasteiger partial charge in [-0.25, -0.2) is 0 Å². The molecule has 3 rings (SSSR count). The second-order valence-electron chi connectivity index (χ2n) is 5.27. The molecule has 1 saturated heterocycles. The maximum atomic E-state index is 12.0. The van der Waals surface area contributed by atoms with Crippen molar-refractivity contribution in [2.45, 2.75) is 6.04 Å². The minimum Gasteiger partial charge on any atom is -0.468 e. The maximum Gasteiger partial charge on any atom is 0.244 e. The summed E-state index contributed by atoms with van der Waals surface area (Å²) in [4.78, 5) is 14.4. The number of carbonyl (C=O) groups is 1. The number of hydrogen-bond donors (Lipinski definition) is 1. The number of carbonyl (C=O) groups excluding carboxylic acids is 1. The Bertz CT molecular complexity index is 616. The minimum absolute atomic E-state index is 0.0758. The van der Waals surface area contributed by atoms with Crippen molar-refractivity contribution in [3.05, 3.63) is 54.4 Å². The Hall–Kier alpha value is -1.92. The van der Waals surface area contributed by atoms with Gasteiger partial charge in [-0.1, -0.05) is 0 Å². The molecule has 0 saturated carbocycles. The Labute approximate surface area is 139 Å². The zero-order valence-corrected chi connectivity index (χ0v) is 13.6. The second kappa shape index (κ2) is 8.08. The van der Waals surface area contributed by atoms with E-state index in [1.54, 1.807) is 30.7 Å². The lowest BCUT2D eigenvalue weighted by Crippen LogP contribution is -2.41. The van der Waals surface area contributed by atoms with Crippen LogP contribution in [0.25, 0.3) is 6.08 Å².